The van der Waals surface area contributed by atoms with Gasteiger partial charge in [0.15, 0.2) is 0 Å². The lowest BCUT2D eigenvalue weighted by atomic mass is 10.1. The van der Waals surface area contributed by atoms with Crippen LogP contribution in [0.25, 0.3) is 0 Å². The van der Waals surface area contributed by atoms with Gasteiger partial charge in [-0.3, -0.25) is 4.79 Å². The summed E-state index contributed by atoms with van der Waals surface area (Å²) in [4.78, 5) is 11.6. The lowest BCUT2D eigenvalue weighted by molar-refractivity contribution is -0.139. The van der Waals surface area contributed by atoms with E-state index in [9.17, 15) is 4.79 Å². The van der Waals surface area contributed by atoms with Gasteiger partial charge in [0.2, 0.25) is 0 Å². The molecule has 0 aliphatic heterocycles. The van der Waals surface area contributed by atoms with Crippen molar-refractivity contribution in [1.82, 2.24) is 0 Å². The van der Waals surface area contributed by atoms with Crippen LogP contribution in [0.1, 0.15) is 25.3 Å². The molecule has 0 bridgehead atoms. The molecule has 1 aliphatic carbocycles. The topological polar surface area (TPSA) is 26.3 Å². The zero-order valence-corrected chi connectivity index (χ0v) is 8.54. The first kappa shape index (κ1) is 9.25. The summed E-state index contributed by atoms with van der Waals surface area (Å²) in [5.74, 6) is 0.551. The second kappa shape index (κ2) is 3.12. The number of esters is 1. The maximum atomic E-state index is 11.6. The van der Waals surface area contributed by atoms with Crippen LogP contribution in [0.15, 0.2) is 24.3 Å². The molecule has 0 heterocycles. The first-order valence-electron chi connectivity index (χ1n) is 4.89. The quantitative estimate of drug-likeness (QED) is 0.529. The molecule has 0 atom stereocenters. The van der Waals surface area contributed by atoms with Gasteiger partial charge in [-0.05, 0) is 38.8 Å². The summed E-state index contributed by atoms with van der Waals surface area (Å²) in [6.45, 7) is 3.96. The van der Waals surface area contributed by atoms with Crippen molar-refractivity contribution in [2.45, 2.75) is 26.7 Å². The fourth-order valence-corrected chi connectivity index (χ4v) is 1.23. The molecule has 0 N–H and O–H groups in total. The van der Waals surface area contributed by atoms with Gasteiger partial charge in [-0.15, -0.1) is 0 Å². The van der Waals surface area contributed by atoms with Crippen LogP contribution in [-0.4, -0.2) is 5.97 Å². The van der Waals surface area contributed by atoms with Gasteiger partial charge >= 0.3 is 5.97 Å². The maximum Gasteiger partial charge on any atom is 0.317 e. The summed E-state index contributed by atoms with van der Waals surface area (Å²) in [7, 11) is 0. The van der Waals surface area contributed by atoms with Gasteiger partial charge in [-0.1, -0.05) is 17.7 Å². The molecule has 1 aliphatic rings. The minimum absolute atomic E-state index is 0.0960. The van der Waals surface area contributed by atoms with Crippen LogP contribution in [-0.2, 0) is 4.79 Å². The highest BCUT2D eigenvalue weighted by atomic mass is 16.5. The van der Waals surface area contributed by atoms with E-state index in [1.165, 1.54) is 5.56 Å². The molecule has 14 heavy (non-hydrogen) atoms. The van der Waals surface area contributed by atoms with Crippen LogP contribution in [0.4, 0.5) is 0 Å². The van der Waals surface area contributed by atoms with Crippen molar-refractivity contribution in [3.05, 3.63) is 29.8 Å². The summed E-state index contributed by atoms with van der Waals surface area (Å²) < 4.78 is 5.26. The standard InChI is InChI=1S/C12H14O2/c1-9-3-5-10(6-4-9)14-11(13)12(2)7-8-12/h3-6H,7-8H2,1-2H3. The second-order valence-corrected chi connectivity index (χ2v) is 4.26. The summed E-state index contributed by atoms with van der Waals surface area (Å²) in [5.41, 5.74) is 0.965. The van der Waals surface area contributed by atoms with Crippen LogP contribution < -0.4 is 4.74 Å². The molecule has 1 fully saturated rings. The van der Waals surface area contributed by atoms with Gasteiger partial charge in [-0.25, -0.2) is 0 Å². The highest BCUT2D eigenvalue weighted by Gasteiger charge is 2.46. The van der Waals surface area contributed by atoms with E-state index in [4.69, 9.17) is 4.74 Å². The molecule has 0 radical (unpaired) electrons. The molecule has 0 unspecified atom stereocenters. The Labute approximate surface area is 83.9 Å². The van der Waals surface area contributed by atoms with Crippen molar-refractivity contribution < 1.29 is 9.53 Å². The summed E-state index contributed by atoms with van der Waals surface area (Å²) in [5, 5.41) is 0. The number of aryl methyl sites for hydroxylation is 1. The second-order valence-electron chi connectivity index (χ2n) is 4.26. The van der Waals surface area contributed by atoms with Crippen molar-refractivity contribution in [3.63, 3.8) is 0 Å². The number of benzene rings is 1. The molecule has 0 aromatic heterocycles. The fraction of sp³-hybridized carbons (Fsp3) is 0.417. The Morgan fingerprint density at radius 1 is 1.29 bits per heavy atom. The van der Waals surface area contributed by atoms with Crippen molar-refractivity contribution >= 4 is 5.97 Å². The predicted molar refractivity (Wildman–Crippen MR) is 54.2 cm³/mol. The Morgan fingerprint density at radius 3 is 2.36 bits per heavy atom. The number of ether oxygens (including phenoxy) is 1. The Morgan fingerprint density at radius 2 is 1.86 bits per heavy atom. The zero-order valence-electron chi connectivity index (χ0n) is 8.54. The smallest absolute Gasteiger partial charge is 0.317 e. The van der Waals surface area contributed by atoms with E-state index < -0.39 is 0 Å². The Kier molecular flexibility index (Phi) is 2.06. The van der Waals surface area contributed by atoms with E-state index in [0.717, 1.165) is 12.8 Å². The monoisotopic (exact) mass is 190 g/mol. The molecule has 74 valence electrons. The van der Waals surface area contributed by atoms with Crippen LogP contribution in [0.3, 0.4) is 0 Å². The predicted octanol–water partition coefficient (Wildman–Crippen LogP) is 2.70. The summed E-state index contributed by atoms with van der Waals surface area (Å²) >= 11 is 0. The van der Waals surface area contributed by atoms with E-state index >= 15 is 0 Å². The van der Waals surface area contributed by atoms with Crippen molar-refractivity contribution in [1.29, 1.82) is 0 Å². The molecule has 0 saturated heterocycles. The van der Waals surface area contributed by atoms with Gasteiger partial charge in [0, 0.05) is 0 Å². The van der Waals surface area contributed by atoms with Crippen molar-refractivity contribution in [3.8, 4) is 5.75 Å². The third-order valence-corrected chi connectivity index (χ3v) is 2.72. The lowest BCUT2D eigenvalue weighted by Crippen LogP contribution is -2.18. The average molecular weight is 190 g/mol. The Bertz CT molecular complexity index is 347. The molecule has 0 amide bonds. The van der Waals surface area contributed by atoms with Crippen LogP contribution in [0.5, 0.6) is 5.75 Å². The Balaban J connectivity index is 2.04. The van der Waals surface area contributed by atoms with Gasteiger partial charge in [0.1, 0.15) is 5.75 Å². The number of carbonyl (C=O) groups excluding carboxylic acids is 1. The lowest BCUT2D eigenvalue weighted by Gasteiger charge is -2.08. The van der Waals surface area contributed by atoms with E-state index in [1.54, 1.807) is 0 Å². The highest BCUT2D eigenvalue weighted by Crippen LogP contribution is 2.46. The molecule has 1 saturated carbocycles. The van der Waals surface area contributed by atoms with Gasteiger partial charge in [-0.2, -0.15) is 0 Å². The largest absolute Gasteiger partial charge is 0.426 e. The van der Waals surface area contributed by atoms with E-state index in [1.807, 2.05) is 38.1 Å². The van der Waals surface area contributed by atoms with Crippen LogP contribution in [0, 0.1) is 12.3 Å². The SMILES string of the molecule is Cc1ccc(OC(=O)C2(C)CC2)cc1. The Hall–Kier alpha value is -1.31. The summed E-state index contributed by atoms with van der Waals surface area (Å²) in [6.07, 6.45) is 1.91. The zero-order chi connectivity index (χ0) is 10.2. The number of hydrogen-bond donors (Lipinski definition) is 0. The van der Waals surface area contributed by atoms with Gasteiger partial charge < -0.3 is 4.74 Å². The highest BCUT2D eigenvalue weighted by molar-refractivity contribution is 5.81. The summed E-state index contributed by atoms with van der Waals surface area (Å²) in [6, 6.07) is 7.55. The van der Waals surface area contributed by atoms with E-state index in [-0.39, 0.29) is 11.4 Å². The van der Waals surface area contributed by atoms with Crippen LogP contribution >= 0.6 is 0 Å². The molecular weight excluding hydrogens is 176 g/mol. The number of carbonyl (C=O) groups is 1. The molecular formula is C12H14O2. The first-order valence-corrected chi connectivity index (χ1v) is 4.89. The molecule has 2 heteroatoms. The number of hydrogen-bond acceptors (Lipinski definition) is 2. The van der Waals surface area contributed by atoms with E-state index in [0.29, 0.717) is 5.75 Å². The van der Waals surface area contributed by atoms with Gasteiger partial charge in [0.25, 0.3) is 0 Å². The molecule has 0 spiro atoms. The maximum absolute atomic E-state index is 11.6. The van der Waals surface area contributed by atoms with Crippen LogP contribution in [0.2, 0.25) is 0 Å². The van der Waals surface area contributed by atoms with Crippen molar-refractivity contribution in [2.24, 2.45) is 5.41 Å². The minimum atomic E-state index is -0.203. The van der Waals surface area contributed by atoms with Gasteiger partial charge in [0.05, 0.1) is 5.41 Å². The first-order chi connectivity index (χ1) is 6.60. The normalized spacial score (nSPS) is 17.6. The third kappa shape index (κ3) is 1.79. The van der Waals surface area contributed by atoms with Crippen molar-refractivity contribution in [2.75, 3.05) is 0 Å². The number of rotatable bonds is 2. The molecule has 2 nitrogen and oxygen atoms in total. The molecule has 1 aromatic rings. The van der Waals surface area contributed by atoms with E-state index in [2.05, 4.69) is 0 Å². The fourth-order valence-electron chi connectivity index (χ4n) is 1.23. The molecule has 2 rings (SSSR count). The average Bonchev–Trinajstić information content (AvgIpc) is 2.89. The molecule has 1 aromatic carbocycles. The third-order valence-electron chi connectivity index (χ3n) is 2.72. The minimum Gasteiger partial charge on any atom is -0.426 e.